The Kier molecular flexibility index (Phi) is 6.88. The Morgan fingerprint density at radius 1 is 1.00 bits per heavy atom. The van der Waals surface area contributed by atoms with Crippen molar-refractivity contribution in [3.05, 3.63) is 98.5 Å². The quantitative estimate of drug-likeness (QED) is 0.497. The first-order chi connectivity index (χ1) is 15.9. The predicted molar refractivity (Wildman–Crippen MR) is 128 cm³/mol. The Balaban J connectivity index is 1.72. The van der Waals surface area contributed by atoms with Crippen LogP contribution in [0.3, 0.4) is 0 Å². The largest absolute Gasteiger partial charge is 0.497 e. The lowest BCUT2D eigenvalue weighted by Gasteiger charge is -2.15. The number of benzene rings is 3. The summed E-state index contributed by atoms with van der Waals surface area (Å²) in [5, 5.41) is 4.29. The van der Waals surface area contributed by atoms with E-state index in [-0.39, 0.29) is 5.91 Å². The lowest BCUT2D eigenvalue weighted by Crippen LogP contribution is -2.42. The van der Waals surface area contributed by atoms with E-state index in [0.717, 1.165) is 5.56 Å². The van der Waals surface area contributed by atoms with E-state index in [0.29, 0.717) is 31.9 Å². The zero-order valence-corrected chi connectivity index (χ0v) is 19.7. The highest BCUT2D eigenvalue weighted by atomic mass is 35.5. The van der Waals surface area contributed by atoms with Gasteiger partial charge in [-0.1, -0.05) is 34.8 Å². The molecule has 3 aromatic rings. The van der Waals surface area contributed by atoms with Crippen molar-refractivity contribution in [2.24, 2.45) is 0 Å². The maximum absolute atomic E-state index is 13.0. The van der Waals surface area contributed by atoms with Crippen molar-refractivity contribution in [2.45, 2.75) is 12.1 Å². The van der Waals surface area contributed by atoms with Crippen molar-refractivity contribution >= 4 is 52.8 Å². The SMILES string of the molecule is COc1ccc([C@H]2[C@@H](NC(=O)c3ccc(Cl)cc3)C(=O)N/[N+]2=C\c2ccc(Cl)cc2Cl)cc1. The van der Waals surface area contributed by atoms with E-state index in [1.54, 1.807) is 72.6 Å². The minimum atomic E-state index is -0.871. The normalized spacial score (nSPS) is 18.8. The van der Waals surface area contributed by atoms with Gasteiger partial charge in [0.2, 0.25) is 12.3 Å². The summed E-state index contributed by atoms with van der Waals surface area (Å²) in [5.74, 6) is -0.0785. The van der Waals surface area contributed by atoms with Crippen LogP contribution in [0.15, 0.2) is 66.7 Å². The first-order valence-electron chi connectivity index (χ1n) is 9.95. The number of methoxy groups -OCH3 is 1. The zero-order chi connectivity index (χ0) is 23.5. The van der Waals surface area contributed by atoms with Crippen LogP contribution >= 0.6 is 34.8 Å². The topological polar surface area (TPSA) is 70.4 Å². The summed E-state index contributed by atoms with van der Waals surface area (Å²) in [6.07, 6.45) is 1.71. The second-order valence-electron chi connectivity index (χ2n) is 7.35. The van der Waals surface area contributed by atoms with Crippen LogP contribution in [0.25, 0.3) is 0 Å². The van der Waals surface area contributed by atoms with E-state index >= 15 is 0 Å². The summed E-state index contributed by atoms with van der Waals surface area (Å²) in [6, 6.07) is 17.4. The molecule has 6 nitrogen and oxygen atoms in total. The number of rotatable bonds is 5. The average molecular weight is 504 g/mol. The number of carbonyl (C=O) groups excluding carboxylic acids is 2. The molecule has 9 heteroatoms. The van der Waals surface area contributed by atoms with E-state index in [1.807, 2.05) is 12.1 Å². The Labute approximate surface area is 205 Å². The van der Waals surface area contributed by atoms with Gasteiger partial charge in [-0.15, -0.1) is 10.1 Å². The second kappa shape index (κ2) is 9.83. The monoisotopic (exact) mass is 502 g/mol. The smallest absolute Gasteiger partial charge is 0.304 e. The van der Waals surface area contributed by atoms with Crippen LogP contribution in [-0.4, -0.2) is 35.9 Å². The molecule has 1 saturated heterocycles. The molecule has 3 aromatic carbocycles. The van der Waals surface area contributed by atoms with Crippen LogP contribution in [0.5, 0.6) is 5.75 Å². The van der Waals surface area contributed by atoms with Gasteiger partial charge < -0.3 is 10.1 Å². The summed E-state index contributed by atoms with van der Waals surface area (Å²) in [7, 11) is 1.58. The van der Waals surface area contributed by atoms with Crippen LogP contribution in [0.1, 0.15) is 27.5 Å². The summed E-state index contributed by atoms with van der Waals surface area (Å²) >= 11 is 18.3. The molecular formula is C24H19Cl3N3O3+. The second-order valence-corrected chi connectivity index (χ2v) is 8.63. The molecular weight excluding hydrogens is 485 g/mol. The lowest BCUT2D eigenvalue weighted by atomic mass is 9.99. The third-order valence-electron chi connectivity index (χ3n) is 5.23. The fourth-order valence-electron chi connectivity index (χ4n) is 3.56. The number of hydrazine groups is 1. The van der Waals surface area contributed by atoms with E-state index in [1.165, 1.54) is 0 Å². The molecule has 0 radical (unpaired) electrons. The number of hydrogen-bond acceptors (Lipinski definition) is 3. The summed E-state index contributed by atoms with van der Waals surface area (Å²) in [6.45, 7) is 0. The van der Waals surface area contributed by atoms with Crippen molar-refractivity contribution in [3.8, 4) is 5.75 Å². The molecule has 33 heavy (non-hydrogen) atoms. The number of ether oxygens (including phenoxy) is 1. The van der Waals surface area contributed by atoms with E-state index < -0.39 is 18.0 Å². The van der Waals surface area contributed by atoms with Gasteiger partial charge in [0.15, 0.2) is 6.04 Å². The van der Waals surface area contributed by atoms with Gasteiger partial charge in [-0.3, -0.25) is 9.59 Å². The molecule has 1 aliphatic rings. The maximum Gasteiger partial charge on any atom is 0.304 e. The van der Waals surface area contributed by atoms with Crippen LogP contribution < -0.4 is 15.5 Å². The van der Waals surface area contributed by atoms with Crippen molar-refractivity contribution < 1.29 is 19.0 Å². The molecule has 1 aliphatic heterocycles. The number of nitrogens with one attached hydrogen (secondary N) is 2. The fraction of sp³-hybridized carbons (Fsp3) is 0.125. The molecule has 0 saturated carbocycles. The molecule has 168 valence electrons. The first kappa shape index (κ1) is 23.1. The molecule has 2 amide bonds. The molecule has 0 unspecified atom stereocenters. The molecule has 4 rings (SSSR count). The average Bonchev–Trinajstić information content (AvgIpc) is 3.10. The third kappa shape index (κ3) is 5.14. The highest BCUT2D eigenvalue weighted by Gasteiger charge is 2.47. The van der Waals surface area contributed by atoms with Crippen molar-refractivity contribution in [1.82, 2.24) is 10.7 Å². The van der Waals surface area contributed by atoms with Crippen molar-refractivity contribution in [3.63, 3.8) is 0 Å². The molecule has 2 atom stereocenters. The number of carbonyl (C=O) groups is 2. The third-order valence-corrected chi connectivity index (χ3v) is 6.04. The summed E-state index contributed by atoms with van der Waals surface area (Å²) in [5.41, 5.74) is 4.66. The van der Waals surface area contributed by atoms with E-state index in [4.69, 9.17) is 39.5 Å². The van der Waals surface area contributed by atoms with Crippen LogP contribution in [0.4, 0.5) is 0 Å². The minimum Gasteiger partial charge on any atom is -0.497 e. The summed E-state index contributed by atoms with van der Waals surface area (Å²) in [4.78, 5) is 25.8. The van der Waals surface area contributed by atoms with Gasteiger partial charge in [0.25, 0.3) is 5.91 Å². The Bertz CT molecular complexity index is 1230. The van der Waals surface area contributed by atoms with E-state index in [2.05, 4.69) is 10.7 Å². The number of hydrazone groups is 1. The molecule has 0 aromatic heterocycles. The Hall–Kier alpha value is -3.06. The van der Waals surface area contributed by atoms with Gasteiger partial charge >= 0.3 is 5.91 Å². The number of hydrogen-bond donors (Lipinski definition) is 2. The van der Waals surface area contributed by atoms with Gasteiger partial charge in [-0.2, -0.15) is 0 Å². The van der Waals surface area contributed by atoms with Gasteiger partial charge in [-0.05, 0) is 66.7 Å². The van der Waals surface area contributed by atoms with Gasteiger partial charge in [0.1, 0.15) is 5.75 Å². The van der Waals surface area contributed by atoms with Gasteiger partial charge in [0, 0.05) is 21.2 Å². The Morgan fingerprint density at radius 3 is 2.30 bits per heavy atom. The molecule has 0 spiro atoms. The molecule has 0 bridgehead atoms. The first-order valence-corrected chi connectivity index (χ1v) is 11.1. The fourth-order valence-corrected chi connectivity index (χ4v) is 4.15. The van der Waals surface area contributed by atoms with Gasteiger partial charge in [0.05, 0.1) is 17.7 Å². The predicted octanol–water partition coefficient (Wildman–Crippen LogP) is 4.67. The van der Waals surface area contributed by atoms with Crippen molar-refractivity contribution in [2.75, 3.05) is 7.11 Å². The van der Waals surface area contributed by atoms with E-state index in [9.17, 15) is 9.59 Å². The Morgan fingerprint density at radius 2 is 1.67 bits per heavy atom. The van der Waals surface area contributed by atoms with Crippen LogP contribution in [0, 0.1) is 0 Å². The number of nitrogens with zero attached hydrogens (tertiary/aromatic N) is 1. The molecule has 0 aliphatic carbocycles. The van der Waals surface area contributed by atoms with Crippen LogP contribution in [0.2, 0.25) is 15.1 Å². The van der Waals surface area contributed by atoms with Crippen molar-refractivity contribution in [1.29, 1.82) is 0 Å². The molecule has 1 heterocycles. The standard InChI is InChI=1S/C24H18Cl3N3O3/c1-33-19-10-5-14(6-11-19)22-21(28-23(31)15-2-7-17(25)8-3-15)24(32)29-30(22)13-16-4-9-18(26)12-20(16)27/h2-13,21-22H,1H3,(H-,28,29,31,32)/p+1/b30-13-/t21-,22+/m1/s1. The highest BCUT2D eigenvalue weighted by Crippen LogP contribution is 2.28. The molecule has 2 N–H and O–H groups in total. The summed E-state index contributed by atoms with van der Waals surface area (Å²) < 4.78 is 6.88. The molecule has 1 fully saturated rings. The maximum atomic E-state index is 13.0. The lowest BCUT2D eigenvalue weighted by molar-refractivity contribution is -0.596. The minimum absolute atomic E-state index is 0.362. The number of amides is 2. The van der Waals surface area contributed by atoms with Crippen LogP contribution in [-0.2, 0) is 4.79 Å². The number of halogens is 3. The zero-order valence-electron chi connectivity index (χ0n) is 17.4. The van der Waals surface area contributed by atoms with Gasteiger partial charge in [-0.25, -0.2) is 0 Å². The highest BCUT2D eigenvalue weighted by molar-refractivity contribution is 6.36.